The van der Waals surface area contributed by atoms with E-state index in [1.165, 1.54) is 0 Å². The number of nitrogens with zero attached hydrogens (tertiary/aromatic N) is 1. The molecule has 0 spiro atoms. The summed E-state index contributed by atoms with van der Waals surface area (Å²) in [7, 11) is 0. The van der Waals surface area contributed by atoms with E-state index in [1.54, 1.807) is 6.07 Å². The SMILES string of the molecule is O=C(OC1([C@H]2CCOC2)CC1)c1ccc2ccccc2n1. The highest BCUT2D eigenvalue weighted by Gasteiger charge is 2.54. The van der Waals surface area contributed by atoms with Crippen molar-refractivity contribution in [2.75, 3.05) is 13.2 Å². The monoisotopic (exact) mass is 283 g/mol. The third-order valence-electron chi connectivity index (χ3n) is 4.52. The van der Waals surface area contributed by atoms with Gasteiger partial charge in [-0.25, -0.2) is 9.78 Å². The molecule has 2 fully saturated rings. The minimum atomic E-state index is -0.315. The molecule has 1 atom stereocenters. The lowest BCUT2D eigenvalue weighted by Crippen LogP contribution is -2.29. The van der Waals surface area contributed by atoms with Crippen molar-refractivity contribution in [2.45, 2.75) is 24.9 Å². The van der Waals surface area contributed by atoms with Crippen LogP contribution in [-0.4, -0.2) is 29.8 Å². The molecule has 1 aliphatic heterocycles. The number of hydrogen-bond acceptors (Lipinski definition) is 4. The van der Waals surface area contributed by atoms with Gasteiger partial charge in [-0.2, -0.15) is 0 Å². The van der Waals surface area contributed by atoms with Crippen LogP contribution in [0.1, 0.15) is 29.8 Å². The van der Waals surface area contributed by atoms with E-state index >= 15 is 0 Å². The predicted octanol–water partition coefficient (Wildman–Crippen LogP) is 2.96. The lowest BCUT2D eigenvalue weighted by atomic mass is 9.99. The number of ether oxygens (including phenoxy) is 2. The van der Waals surface area contributed by atoms with Gasteiger partial charge in [-0.3, -0.25) is 0 Å². The van der Waals surface area contributed by atoms with Crippen molar-refractivity contribution in [3.63, 3.8) is 0 Å². The van der Waals surface area contributed by atoms with Gasteiger partial charge in [0.25, 0.3) is 0 Å². The van der Waals surface area contributed by atoms with Crippen LogP contribution in [0.3, 0.4) is 0 Å². The van der Waals surface area contributed by atoms with Crippen molar-refractivity contribution in [1.82, 2.24) is 4.98 Å². The highest BCUT2D eigenvalue weighted by Crippen LogP contribution is 2.49. The Morgan fingerprint density at radius 3 is 2.86 bits per heavy atom. The molecule has 1 saturated carbocycles. The van der Waals surface area contributed by atoms with Gasteiger partial charge < -0.3 is 9.47 Å². The molecule has 2 heterocycles. The van der Waals surface area contributed by atoms with E-state index in [0.29, 0.717) is 18.2 Å². The number of aromatic nitrogens is 1. The largest absolute Gasteiger partial charge is 0.454 e. The van der Waals surface area contributed by atoms with Gasteiger partial charge in [-0.15, -0.1) is 0 Å². The molecule has 21 heavy (non-hydrogen) atoms. The fraction of sp³-hybridized carbons (Fsp3) is 0.412. The van der Waals surface area contributed by atoms with Crippen molar-refractivity contribution < 1.29 is 14.3 Å². The minimum Gasteiger partial charge on any atom is -0.454 e. The van der Waals surface area contributed by atoms with E-state index in [1.807, 2.05) is 30.3 Å². The van der Waals surface area contributed by atoms with E-state index in [2.05, 4.69) is 4.98 Å². The molecule has 4 heteroatoms. The maximum atomic E-state index is 12.4. The zero-order valence-electron chi connectivity index (χ0n) is 11.7. The van der Waals surface area contributed by atoms with Crippen LogP contribution in [0.5, 0.6) is 0 Å². The fourth-order valence-electron chi connectivity index (χ4n) is 3.08. The molecule has 1 aliphatic carbocycles. The van der Waals surface area contributed by atoms with Gasteiger partial charge in [0.1, 0.15) is 11.3 Å². The van der Waals surface area contributed by atoms with Crippen molar-refractivity contribution in [3.8, 4) is 0 Å². The normalized spacial score (nSPS) is 23.1. The van der Waals surface area contributed by atoms with Gasteiger partial charge in [0, 0.05) is 17.9 Å². The van der Waals surface area contributed by atoms with Gasteiger partial charge in [0.2, 0.25) is 0 Å². The summed E-state index contributed by atoms with van der Waals surface area (Å²) in [5.74, 6) is 0.0343. The van der Waals surface area contributed by atoms with E-state index in [0.717, 1.165) is 36.8 Å². The van der Waals surface area contributed by atoms with E-state index in [-0.39, 0.29) is 11.6 Å². The van der Waals surface area contributed by atoms with Crippen LogP contribution in [-0.2, 0) is 9.47 Å². The summed E-state index contributed by atoms with van der Waals surface area (Å²) in [4.78, 5) is 16.8. The maximum absolute atomic E-state index is 12.4. The molecule has 1 aromatic carbocycles. The predicted molar refractivity (Wildman–Crippen MR) is 78.0 cm³/mol. The lowest BCUT2D eigenvalue weighted by Gasteiger charge is -2.21. The Hall–Kier alpha value is -1.94. The Morgan fingerprint density at radius 1 is 1.24 bits per heavy atom. The van der Waals surface area contributed by atoms with E-state index in [9.17, 15) is 4.79 Å². The van der Waals surface area contributed by atoms with Gasteiger partial charge in [-0.1, -0.05) is 24.3 Å². The molecular weight excluding hydrogens is 266 g/mol. The third-order valence-corrected chi connectivity index (χ3v) is 4.52. The molecule has 4 rings (SSSR count). The Morgan fingerprint density at radius 2 is 2.10 bits per heavy atom. The first kappa shape index (κ1) is 12.8. The average molecular weight is 283 g/mol. The minimum absolute atomic E-state index is 0.291. The van der Waals surface area contributed by atoms with Crippen LogP contribution in [0.4, 0.5) is 0 Å². The van der Waals surface area contributed by atoms with Crippen LogP contribution < -0.4 is 0 Å². The van der Waals surface area contributed by atoms with Crippen molar-refractivity contribution >= 4 is 16.9 Å². The second kappa shape index (κ2) is 4.81. The number of rotatable bonds is 3. The van der Waals surface area contributed by atoms with Crippen molar-refractivity contribution in [2.24, 2.45) is 5.92 Å². The number of pyridine rings is 1. The summed E-state index contributed by atoms with van der Waals surface area (Å²) in [6.45, 7) is 1.48. The number of benzene rings is 1. The van der Waals surface area contributed by atoms with Crippen LogP contribution in [0.15, 0.2) is 36.4 Å². The number of hydrogen-bond donors (Lipinski definition) is 0. The number of para-hydroxylation sites is 1. The third kappa shape index (κ3) is 2.29. The summed E-state index contributed by atoms with van der Waals surface area (Å²) in [5.41, 5.74) is 0.917. The Balaban J connectivity index is 1.56. The second-order valence-electron chi connectivity index (χ2n) is 5.90. The molecule has 0 unspecified atom stereocenters. The summed E-state index contributed by atoms with van der Waals surface area (Å²) < 4.78 is 11.2. The molecule has 2 aliphatic rings. The average Bonchev–Trinajstić information content (AvgIpc) is 3.08. The number of carbonyl (C=O) groups is 1. The highest BCUT2D eigenvalue weighted by atomic mass is 16.6. The van der Waals surface area contributed by atoms with Crippen LogP contribution in [0.25, 0.3) is 10.9 Å². The van der Waals surface area contributed by atoms with Gasteiger partial charge >= 0.3 is 5.97 Å². The lowest BCUT2D eigenvalue weighted by molar-refractivity contribution is 0.000265. The first-order chi connectivity index (χ1) is 10.3. The first-order valence-electron chi connectivity index (χ1n) is 7.44. The van der Waals surface area contributed by atoms with Gasteiger partial charge in [0.05, 0.1) is 12.1 Å². The van der Waals surface area contributed by atoms with Crippen LogP contribution in [0.2, 0.25) is 0 Å². The quantitative estimate of drug-likeness (QED) is 0.813. The topological polar surface area (TPSA) is 48.4 Å². The molecule has 1 saturated heterocycles. The molecule has 0 radical (unpaired) electrons. The van der Waals surface area contributed by atoms with Crippen LogP contribution in [0, 0.1) is 5.92 Å². The van der Waals surface area contributed by atoms with Crippen LogP contribution >= 0.6 is 0 Å². The molecule has 0 N–H and O–H groups in total. The summed E-state index contributed by atoms with van der Waals surface area (Å²) in [6, 6.07) is 11.4. The maximum Gasteiger partial charge on any atom is 0.357 e. The fourth-order valence-corrected chi connectivity index (χ4v) is 3.08. The second-order valence-corrected chi connectivity index (χ2v) is 5.90. The Kier molecular flexibility index (Phi) is 2.93. The standard InChI is InChI=1S/C17H17NO3/c19-16(21-17(8-9-17)13-7-10-20-11-13)15-6-5-12-3-1-2-4-14(12)18-15/h1-6,13H,7-11H2/t13-/m0/s1. The first-order valence-corrected chi connectivity index (χ1v) is 7.44. The molecule has 0 amide bonds. The van der Waals surface area contributed by atoms with Gasteiger partial charge in [0.15, 0.2) is 0 Å². The molecule has 4 nitrogen and oxygen atoms in total. The van der Waals surface area contributed by atoms with Crippen molar-refractivity contribution in [3.05, 3.63) is 42.1 Å². The summed E-state index contributed by atoms with van der Waals surface area (Å²) >= 11 is 0. The molecule has 1 aromatic heterocycles. The molecule has 0 bridgehead atoms. The summed E-state index contributed by atoms with van der Waals surface area (Å²) in [5, 5.41) is 1.03. The zero-order valence-corrected chi connectivity index (χ0v) is 11.7. The number of fused-ring (bicyclic) bond motifs is 1. The molecule has 108 valence electrons. The number of carbonyl (C=O) groups excluding carboxylic acids is 1. The smallest absolute Gasteiger partial charge is 0.357 e. The highest BCUT2D eigenvalue weighted by molar-refractivity contribution is 5.91. The Labute approximate surface area is 123 Å². The summed E-state index contributed by atoms with van der Waals surface area (Å²) in [6.07, 6.45) is 2.87. The molecule has 2 aromatic rings. The zero-order chi connectivity index (χ0) is 14.3. The van der Waals surface area contributed by atoms with Gasteiger partial charge in [-0.05, 0) is 31.4 Å². The van der Waals surface area contributed by atoms with E-state index in [4.69, 9.17) is 9.47 Å². The van der Waals surface area contributed by atoms with Crippen molar-refractivity contribution in [1.29, 1.82) is 0 Å². The molecular formula is C17H17NO3. The number of esters is 1. The Bertz CT molecular complexity index is 687. The van der Waals surface area contributed by atoms with E-state index < -0.39 is 0 Å².